The monoisotopic (exact) mass is 240 g/mol. The van der Waals surface area contributed by atoms with Gasteiger partial charge in [-0.25, -0.2) is 4.79 Å². The molecule has 2 aliphatic rings. The maximum atomic E-state index is 11.9. The molecule has 2 unspecified atom stereocenters. The highest BCUT2D eigenvalue weighted by Gasteiger charge is 2.38. The van der Waals surface area contributed by atoms with E-state index in [4.69, 9.17) is 5.11 Å². The lowest BCUT2D eigenvalue weighted by atomic mass is 9.97. The van der Waals surface area contributed by atoms with Gasteiger partial charge in [0.25, 0.3) is 0 Å². The molecule has 1 aliphatic heterocycles. The highest BCUT2D eigenvalue weighted by molar-refractivity contribution is 5.76. The fraction of sp³-hybridized carbons (Fsp3) is 0.833. The predicted molar refractivity (Wildman–Crippen MR) is 62.7 cm³/mol. The largest absolute Gasteiger partial charge is 0.481 e. The SMILES string of the molecule is CCC1CC1NC(=O)N1CCC(C(=O)O)CC1. The van der Waals surface area contributed by atoms with Crippen molar-refractivity contribution >= 4 is 12.0 Å². The fourth-order valence-corrected chi connectivity index (χ4v) is 2.45. The molecule has 0 aromatic heterocycles. The molecule has 2 amide bonds. The van der Waals surface area contributed by atoms with Crippen molar-refractivity contribution < 1.29 is 14.7 Å². The highest BCUT2D eigenvalue weighted by atomic mass is 16.4. The van der Waals surface area contributed by atoms with E-state index in [0.29, 0.717) is 37.9 Å². The van der Waals surface area contributed by atoms with Crippen molar-refractivity contribution in [2.75, 3.05) is 13.1 Å². The Balaban J connectivity index is 1.73. The van der Waals surface area contributed by atoms with E-state index in [2.05, 4.69) is 12.2 Å². The number of rotatable bonds is 3. The van der Waals surface area contributed by atoms with Crippen molar-refractivity contribution in [1.82, 2.24) is 10.2 Å². The van der Waals surface area contributed by atoms with E-state index >= 15 is 0 Å². The van der Waals surface area contributed by atoms with Crippen molar-refractivity contribution in [1.29, 1.82) is 0 Å². The molecule has 2 N–H and O–H groups in total. The second-order valence-corrected chi connectivity index (χ2v) is 5.06. The third-order valence-corrected chi connectivity index (χ3v) is 3.89. The van der Waals surface area contributed by atoms with Gasteiger partial charge in [-0.1, -0.05) is 13.3 Å². The number of carbonyl (C=O) groups excluding carboxylic acids is 1. The van der Waals surface area contributed by atoms with Crippen LogP contribution in [0.3, 0.4) is 0 Å². The van der Waals surface area contributed by atoms with Crippen molar-refractivity contribution in [3.8, 4) is 0 Å². The molecular weight excluding hydrogens is 220 g/mol. The van der Waals surface area contributed by atoms with Crippen molar-refractivity contribution in [2.45, 2.75) is 38.6 Å². The van der Waals surface area contributed by atoms with Crippen LogP contribution < -0.4 is 5.32 Å². The summed E-state index contributed by atoms with van der Waals surface area (Å²) in [7, 11) is 0. The summed E-state index contributed by atoms with van der Waals surface area (Å²) in [5.74, 6) is -0.364. The number of likely N-dealkylation sites (tertiary alicyclic amines) is 1. The maximum Gasteiger partial charge on any atom is 0.317 e. The van der Waals surface area contributed by atoms with E-state index in [0.717, 1.165) is 12.8 Å². The summed E-state index contributed by atoms with van der Waals surface area (Å²) in [6, 6.07) is 0.333. The average Bonchev–Trinajstić information content (AvgIpc) is 3.07. The van der Waals surface area contributed by atoms with Gasteiger partial charge in [-0.05, 0) is 25.2 Å². The number of aliphatic carboxylic acids is 1. The molecule has 1 saturated carbocycles. The van der Waals surface area contributed by atoms with E-state index in [1.54, 1.807) is 4.90 Å². The number of hydrogen-bond acceptors (Lipinski definition) is 2. The van der Waals surface area contributed by atoms with Crippen molar-refractivity contribution in [3.05, 3.63) is 0 Å². The first-order chi connectivity index (χ1) is 8.11. The number of carboxylic acid groups (broad SMARTS) is 1. The fourth-order valence-electron chi connectivity index (χ4n) is 2.45. The molecule has 1 aliphatic carbocycles. The predicted octanol–water partition coefficient (Wildman–Crippen LogP) is 1.29. The first kappa shape index (κ1) is 12.2. The lowest BCUT2D eigenvalue weighted by Gasteiger charge is -2.30. The second-order valence-electron chi connectivity index (χ2n) is 5.06. The Hall–Kier alpha value is -1.26. The Morgan fingerprint density at radius 2 is 2.00 bits per heavy atom. The van der Waals surface area contributed by atoms with Gasteiger partial charge in [0.2, 0.25) is 0 Å². The van der Waals surface area contributed by atoms with Gasteiger partial charge >= 0.3 is 12.0 Å². The zero-order chi connectivity index (χ0) is 12.4. The van der Waals surface area contributed by atoms with Gasteiger partial charge in [-0.15, -0.1) is 0 Å². The van der Waals surface area contributed by atoms with Crippen molar-refractivity contribution in [2.24, 2.45) is 11.8 Å². The third kappa shape index (κ3) is 2.90. The van der Waals surface area contributed by atoms with Gasteiger partial charge in [0, 0.05) is 19.1 Å². The zero-order valence-electron chi connectivity index (χ0n) is 10.2. The lowest BCUT2D eigenvalue weighted by molar-refractivity contribution is -0.143. The summed E-state index contributed by atoms with van der Waals surface area (Å²) in [5.41, 5.74) is 0. The number of nitrogens with zero attached hydrogens (tertiary/aromatic N) is 1. The highest BCUT2D eigenvalue weighted by Crippen LogP contribution is 2.33. The number of hydrogen-bond donors (Lipinski definition) is 2. The summed E-state index contributed by atoms with van der Waals surface area (Å²) in [4.78, 5) is 24.4. The van der Waals surface area contributed by atoms with Gasteiger partial charge in [0.05, 0.1) is 5.92 Å². The minimum absolute atomic E-state index is 0.0187. The minimum atomic E-state index is -0.738. The Morgan fingerprint density at radius 3 is 2.47 bits per heavy atom. The number of carbonyl (C=O) groups is 2. The molecule has 17 heavy (non-hydrogen) atoms. The van der Waals surface area contributed by atoms with Crippen LogP contribution in [0.2, 0.25) is 0 Å². The number of carboxylic acids is 1. The number of nitrogens with one attached hydrogen (secondary N) is 1. The topological polar surface area (TPSA) is 69.6 Å². The first-order valence-electron chi connectivity index (χ1n) is 6.40. The molecule has 1 heterocycles. The standard InChI is InChI=1S/C12H20N2O3/c1-2-8-7-10(8)13-12(17)14-5-3-9(4-6-14)11(15)16/h8-10H,2-7H2,1H3,(H,13,17)(H,15,16). The Labute approximate surface area is 101 Å². The summed E-state index contributed by atoms with van der Waals surface area (Å²) in [6.45, 7) is 3.26. The molecule has 0 aromatic carbocycles. The van der Waals surface area contributed by atoms with Crippen LogP contribution in [0.25, 0.3) is 0 Å². The summed E-state index contributed by atoms with van der Waals surface area (Å²) < 4.78 is 0. The third-order valence-electron chi connectivity index (χ3n) is 3.89. The van der Waals surface area contributed by atoms with E-state index in [-0.39, 0.29) is 11.9 Å². The number of amides is 2. The van der Waals surface area contributed by atoms with Gasteiger partial charge in [-0.2, -0.15) is 0 Å². The Morgan fingerprint density at radius 1 is 1.35 bits per heavy atom. The van der Waals surface area contributed by atoms with E-state index in [1.807, 2.05) is 0 Å². The van der Waals surface area contributed by atoms with Gasteiger partial charge in [0.15, 0.2) is 0 Å². The number of piperidine rings is 1. The van der Waals surface area contributed by atoms with Gasteiger partial charge < -0.3 is 15.3 Å². The van der Waals surface area contributed by atoms with E-state index < -0.39 is 5.97 Å². The molecule has 0 spiro atoms. The molecule has 2 fully saturated rings. The molecule has 2 atom stereocenters. The molecule has 5 nitrogen and oxygen atoms in total. The van der Waals surface area contributed by atoms with Crippen LogP contribution in [0, 0.1) is 11.8 Å². The summed E-state index contributed by atoms with van der Waals surface area (Å²) in [5, 5.41) is 11.9. The maximum absolute atomic E-state index is 11.9. The van der Waals surface area contributed by atoms with Crippen molar-refractivity contribution in [3.63, 3.8) is 0 Å². The minimum Gasteiger partial charge on any atom is -0.481 e. The molecule has 0 radical (unpaired) electrons. The number of urea groups is 1. The summed E-state index contributed by atoms with van der Waals surface area (Å²) >= 11 is 0. The van der Waals surface area contributed by atoms with Crippen LogP contribution >= 0.6 is 0 Å². The molecule has 0 bridgehead atoms. The Bertz CT molecular complexity index is 311. The Kier molecular flexibility index (Phi) is 3.54. The van der Waals surface area contributed by atoms with Crippen LogP contribution in [0.5, 0.6) is 0 Å². The van der Waals surface area contributed by atoms with Gasteiger partial charge in [-0.3, -0.25) is 4.79 Å². The van der Waals surface area contributed by atoms with Gasteiger partial charge in [0.1, 0.15) is 0 Å². The molecule has 96 valence electrons. The van der Waals surface area contributed by atoms with Crippen LogP contribution in [0.15, 0.2) is 0 Å². The quantitative estimate of drug-likeness (QED) is 0.781. The average molecular weight is 240 g/mol. The molecule has 2 rings (SSSR count). The lowest BCUT2D eigenvalue weighted by Crippen LogP contribution is -2.46. The molecule has 0 aromatic rings. The normalized spacial score (nSPS) is 28.9. The summed E-state index contributed by atoms with van der Waals surface area (Å²) in [6.07, 6.45) is 3.36. The first-order valence-corrected chi connectivity index (χ1v) is 6.40. The van der Waals surface area contributed by atoms with Crippen LogP contribution in [0.1, 0.15) is 32.6 Å². The second kappa shape index (κ2) is 4.94. The smallest absolute Gasteiger partial charge is 0.317 e. The molecule has 5 heteroatoms. The zero-order valence-corrected chi connectivity index (χ0v) is 10.2. The van der Waals surface area contributed by atoms with Crippen LogP contribution in [-0.2, 0) is 4.79 Å². The molecule has 1 saturated heterocycles. The molecular formula is C12H20N2O3. The van der Waals surface area contributed by atoms with E-state index in [1.165, 1.54) is 0 Å². The van der Waals surface area contributed by atoms with E-state index in [9.17, 15) is 9.59 Å². The van der Waals surface area contributed by atoms with Crippen LogP contribution in [-0.4, -0.2) is 41.1 Å². The van der Waals surface area contributed by atoms with Crippen LogP contribution in [0.4, 0.5) is 4.79 Å².